The molecule has 1 amide bonds. The predicted octanol–water partition coefficient (Wildman–Crippen LogP) is 2.05. The van der Waals surface area contributed by atoms with Gasteiger partial charge in [0.1, 0.15) is 11.2 Å². The zero-order chi connectivity index (χ0) is 14.1. The monoisotopic (exact) mass is 256 g/mol. The Kier molecular flexibility index (Phi) is 3.64. The van der Waals surface area contributed by atoms with Gasteiger partial charge in [-0.3, -0.25) is 0 Å². The molecule has 0 fully saturated rings. The summed E-state index contributed by atoms with van der Waals surface area (Å²) in [6, 6.07) is 0. The zero-order valence-electron chi connectivity index (χ0n) is 11.0. The summed E-state index contributed by atoms with van der Waals surface area (Å²) >= 11 is 0. The highest BCUT2D eigenvalue weighted by atomic mass is 16.6. The Labute approximate surface area is 104 Å². The van der Waals surface area contributed by atoms with E-state index in [-0.39, 0.29) is 17.1 Å². The van der Waals surface area contributed by atoms with Gasteiger partial charge in [0, 0.05) is 7.05 Å². The van der Waals surface area contributed by atoms with Crippen molar-refractivity contribution in [3.05, 3.63) is 11.3 Å². The Morgan fingerprint density at radius 1 is 1.39 bits per heavy atom. The number of carboxylic acid groups (broad SMARTS) is 1. The molecule has 1 rings (SSSR count). The normalized spacial score (nSPS) is 11.2. The smallest absolute Gasteiger partial charge is 0.417 e. The van der Waals surface area contributed by atoms with Crippen LogP contribution in [0.25, 0.3) is 0 Å². The van der Waals surface area contributed by atoms with Crippen LogP contribution in [0.5, 0.6) is 0 Å². The molecule has 0 radical (unpaired) electrons. The summed E-state index contributed by atoms with van der Waals surface area (Å²) in [7, 11) is 1.36. The number of carbonyl (C=O) groups excluding carboxylic acids is 1. The number of carbonyl (C=O) groups is 2. The minimum Gasteiger partial charge on any atom is -0.477 e. The molecule has 0 bridgehead atoms. The van der Waals surface area contributed by atoms with Gasteiger partial charge in [-0.05, 0) is 27.7 Å². The summed E-state index contributed by atoms with van der Waals surface area (Å²) in [6.45, 7) is 6.62. The molecule has 1 N–H and O–H groups in total. The van der Waals surface area contributed by atoms with Gasteiger partial charge < -0.3 is 14.4 Å². The maximum atomic E-state index is 11.8. The minimum atomic E-state index is -1.21. The molecule has 1 heterocycles. The number of aromatic carboxylic acids is 1. The summed E-state index contributed by atoms with van der Waals surface area (Å²) in [5, 5.41) is 12.6. The highest BCUT2D eigenvalue weighted by molar-refractivity contribution is 5.98. The first kappa shape index (κ1) is 14.0. The molecule has 7 nitrogen and oxygen atoms in total. The lowest BCUT2D eigenvalue weighted by atomic mass is 10.2. The molecule has 0 spiro atoms. The van der Waals surface area contributed by atoms with E-state index in [0.717, 1.165) is 4.90 Å². The standard InChI is InChI=1S/C11H16N2O5/c1-6-7(9(14)15)8(18-12-6)13(5)10(16)17-11(2,3)4/h1-5H3,(H,14,15). The largest absolute Gasteiger partial charge is 0.477 e. The predicted molar refractivity (Wildman–Crippen MR) is 62.8 cm³/mol. The molecule has 100 valence electrons. The number of rotatable bonds is 2. The van der Waals surface area contributed by atoms with Gasteiger partial charge in [-0.25, -0.2) is 14.5 Å². The number of anilines is 1. The fraction of sp³-hybridized carbons (Fsp3) is 0.545. The van der Waals surface area contributed by atoms with Gasteiger partial charge in [0.2, 0.25) is 0 Å². The first-order valence-corrected chi connectivity index (χ1v) is 5.29. The topological polar surface area (TPSA) is 92.9 Å². The van der Waals surface area contributed by atoms with E-state index in [2.05, 4.69) is 5.16 Å². The van der Waals surface area contributed by atoms with E-state index >= 15 is 0 Å². The van der Waals surface area contributed by atoms with Crippen molar-refractivity contribution in [2.45, 2.75) is 33.3 Å². The van der Waals surface area contributed by atoms with E-state index in [4.69, 9.17) is 14.4 Å². The van der Waals surface area contributed by atoms with Crippen molar-refractivity contribution in [1.29, 1.82) is 0 Å². The number of hydrogen-bond acceptors (Lipinski definition) is 5. The third-order valence-corrected chi connectivity index (χ3v) is 2.03. The van der Waals surface area contributed by atoms with Gasteiger partial charge in [0.15, 0.2) is 0 Å². The van der Waals surface area contributed by atoms with Gasteiger partial charge >= 0.3 is 12.1 Å². The number of aryl methyl sites for hydroxylation is 1. The SMILES string of the molecule is Cc1noc(N(C)C(=O)OC(C)(C)C)c1C(=O)O. The second-order valence-electron chi connectivity index (χ2n) is 4.79. The Morgan fingerprint density at radius 3 is 2.39 bits per heavy atom. The Bertz CT molecular complexity index is 472. The van der Waals surface area contributed by atoms with Crippen LogP contribution in [0.1, 0.15) is 36.8 Å². The van der Waals surface area contributed by atoms with E-state index in [0.29, 0.717) is 0 Å². The van der Waals surface area contributed by atoms with Gasteiger partial charge in [-0.1, -0.05) is 5.16 Å². The maximum Gasteiger partial charge on any atom is 0.417 e. The molecular formula is C11H16N2O5. The van der Waals surface area contributed by atoms with Crippen LogP contribution < -0.4 is 4.90 Å². The van der Waals surface area contributed by atoms with Crippen LogP contribution in [0, 0.1) is 6.92 Å². The molecule has 18 heavy (non-hydrogen) atoms. The fourth-order valence-electron chi connectivity index (χ4n) is 1.25. The number of carboxylic acids is 1. The molecular weight excluding hydrogens is 240 g/mol. The third-order valence-electron chi connectivity index (χ3n) is 2.03. The highest BCUT2D eigenvalue weighted by Crippen LogP contribution is 2.24. The van der Waals surface area contributed by atoms with Crippen molar-refractivity contribution in [2.24, 2.45) is 0 Å². The van der Waals surface area contributed by atoms with Crippen LogP contribution in [0.3, 0.4) is 0 Å². The van der Waals surface area contributed by atoms with Gasteiger partial charge in [-0.15, -0.1) is 0 Å². The quantitative estimate of drug-likeness (QED) is 0.870. The number of amides is 1. The lowest BCUT2D eigenvalue weighted by Crippen LogP contribution is -2.34. The zero-order valence-corrected chi connectivity index (χ0v) is 11.0. The second kappa shape index (κ2) is 4.67. The van der Waals surface area contributed by atoms with Crippen molar-refractivity contribution in [3.8, 4) is 0 Å². The summed E-state index contributed by atoms with van der Waals surface area (Å²) in [5.41, 5.74) is -0.625. The van der Waals surface area contributed by atoms with E-state index in [1.807, 2.05) is 0 Å². The van der Waals surface area contributed by atoms with Crippen LogP contribution in [0.2, 0.25) is 0 Å². The Balaban J connectivity index is 3.01. The summed E-state index contributed by atoms with van der Waals surface area (Å²) in [6.07, 6.45) is -0.707. The molecule has 1 aromatic heterocycles. The Hall–Kier alpha value is -2.05. The van der Waals surface area contributed by atoms with Crippen molar-refractivity contribution in [1.82, 2.24) is 5.16 Å². The molecule has 1 aromatic rings. The first-order chi connectivity index (χ1) is 8.13. The number of ether oxygens (including phenoxy) is 1. The minimum absolute atomic E-state index is 0.144. The average molecular weight is 256 g/mol. The third kappa shape index (κ3) is 2.99. The van der Waals surface area contributed by atoms with Crippen molar-refractivity contribution in [2.75, 3.05) is 11.9 Å². The second-order valence-corrected chi connectivity index (χ2v) is 4.79. The molecule has 0 aliphatic heterocycles. The number of aromatic nitrogens is 1. The van der Waals surface area contributed by atoms with Crippen molar-refractivity contribution in [3.63, 3.8) is 0 Å². The lowest BCUT2D eigenvalue weighted by molar-refractivity contribution is 0.0582. The van der Waals surface area contributed by atoms with Crippen molar-refractivity contribution < 1.29 is 24.0 Å². The van der Waals surface area contributed by atoms with Crippen LogP contribution in [0.15, 0.2) is 4.52 Å². The molecule has 0 saturated heterocycles. The average Bonchev–Trinajstić information content (AvgIpc) is 2.56. The highest BCUT2D eigenvalue weighted by Gasteiger charge is 2.29. The molecule has 0 aliphatic rings. The molecule has 0 saturated carbocycles. The van der Waals surface area contributed by atoms with E-state index in [1.54, 1.807) is 20.8 Å². The molecule has 0 aliphatic carbocycles. The van der Waals surface area contributed by atoms with Gasteiger partial charge in [0.25, 0.3) is 5.88 Å². The maximum absolute atomic E-state index is 11.8. The number of nitrogens with zero attached hydrogens (tertiary/aromatic N) is 2. The van der Waals surface area contributed by atoms with E-state index in [9.17, 15) is 9.59 Å². The first-order valence-electron chi connectivity index (χ1n) is 5.29. The van der Waals surface area contributed by atoms with Crippen LogP contribution in [0.4, 0.5) is 10.7 Å². The Morgan fingerprint density at radius 2 is 1.94 bits per heavy atom. The molecule has 0 aromatic carbocycles. The molecule has 0 unspecified atom stereocenters. The summed E-state index contributed by atoms with van der Waals surface area (Å²) in [4.78, 5) is 23.8. The summed E-state index contributed by atoms with van der Waals surface area (Å²) in [5.74, 6) is -1.35. The fourth-order valence-corrected chi connectivity index (χ4v) is 1.25. The molecule has 7 heteroatoms. The van der Waals surface area contributed by atoms with Crippen LogP contribution in [-0.2, 0) is 4.74 Å². The van der Waals surface area contributed by atoms with Crippen molar-refractivity contribution >= 4 is 17.9 Å². The van der Waals surface area contributed by atoms with Gasteiger partial charge in [0.05, 0.1) is 5.69 Å². The van der Waals surface area contributed by atoms with E-state index in [1.165, 1.54) is 14.0 Å². The van der Waals surface area contributed by atoms with Gasteiger partial charge in [-0.2, -0.15) is 0 Å². The van der Waals surface area contributed by atoms with Crippen LogP contribution >= 0.6 is 0 Å². The lowest BCUT2D eigenvalue weighted by Gasteiger charge is -2.23. The summed E-state index contributed by atoms with van der Waals surface area (Å²) < 4.78 is 9.95. The van der Waals surface area contributed by atoms with E-state index < -0.39 is 17.7 Å². The van der Waals surface area contributed by atoms with Crippen LogP contribution in [-0.4, -0.2) is 35.0 Å². The number of hydrogen-bond donors (Lipinski definition) is 1. The molecule has 0 atom stereocenters.